The van der Waals surface area contributed by atoms with E-state index in [1.54, 1.807) is 0 Å². The Morgan fingerprint density at radius 3 is 2.61 bits per heavy atom. The van der Waals surface area contributed by atoms with Crippen LogP contribution in [0.25, 0.3) is 0 Å². The molecule has 0 saturated carbocycles. The van der Waals surface area contributed by atoms with Crippen molar-refractivity contribution in [2.45, 2.75) is 32.3 Å². The molecule has 1 saturated heterocycles. The standard InChI is InChI=1S/C18H29N3O2/c1-15(22)16-9-13-21(14-10-16)18(23)19-11-6-12-20(2)17-7-4-3-5-8-17/h3-5,7-8,15-16,22H,6,9-14H2,1-2H3,(H,19,23). The maximum Gasteiger partial charge on any atom is 0.317 e. The van der Waals surface area contributed by atoms with E-state index in [9.17, 15) is 9.90 Å². The number of nitrogens with zero attached hydrogens (tertiary/aromatic N) is 2. The number of rotatable bonds is 6. The van der Waals surface area contributed by atoms with E-state index in [4.69, 9.17) is 0 Å². The molecule has 1 aliphatic heterocycles. The van der Waals surface area contributed by atoms with Crippen molar-refractivity contribution in [2.75, 3.05) is 38.1 Å². The van der Waals surface area contributed by atoms with Gasteiger partial charge in [-0.2, -0.15) is 0 Å². The van der Waals surface area contributed by atoms with Crippen LogP contribution in [0, 0.1) is 5.92 Å². The molecule has 1 unspecified atom stereocenters. The van der Waals surface area contributed by atoms with E-state index in [0.717, 1.165) is 38.9 Å². The number of carbonyl (C=O) groups excluding carboxylic acids is 1. The molecule has 0 spiro atoms. The van der Waals surface area contributed by atoms with Crippen molar-refractivity contribution in [1.82, 2.24) is 10.2 Å². The molecule has 1 aromatic carbocycles. The first-order valence-electron chi connectivity index (χ1n) is 8.55. The second-order valence-corrected chi connectivity index (χ2v) is 6.41. The number of carbonyl (C=O) groups is 1. The summed E-state index contributed by atoms with van der Waals surface area (Å²) in [6.07, 6.45) is 2.43. The Kier molecular flexibility index (Phi) is 6.71. The van der Waals surface area contributed by atoms with Crippen LogP contribution >= 0.6 is 0 Å². The highest BCUT2D eigenvalue weighted by atomic mass is 16.3. The van der Waals surface area contributed by atoms with Crippen LogP contribution in [0.4, 0.5) is 10.5 Å². The molecule has 5 heteroatoms. The second kappa shape index (κ2) is 8.77. The Balaban J connectivity index is 1.62. The van der Waals surface area contributed by atoms with Crippen molar-refractivity contribution in [2.24, 2.45) is 5.92 Å². The van der Waals surface area contributed by atoms with Gasteiger partial charge in [0.05, 0.1) is 6.10 Å². The molecule has 1 atom stereocenters. The van der Waals surface area contributed by atoms with E-state index < -0.39 is 0 Å². The number of anilines is 1. The molecule has 1 heterocycles. The predicted octanol–water partition coefficient (Wildman–Crippen LogP) is 2.32. The lowest BCUT2D eigenvalue weighted by Gasteiger charge is -2.33. The maximum atomic E-state index is 12.1. The van der Waals surface area contributed by atoms with Crippen molar-refractivity contribution in [3.63, 3.8) is 0 Å². The number of urea groups is 1. The molecular formula is C18H29N3O2. The molecule has 128 valence electrons. The van der Waals surface area contributed by atoms with E-state index >= 15 is 0 Å². The number of aliphatic hydroxyl groups is 1. The normalized spacial score (nSPS) is 16.9. The summed E-state index contributed by atoms with van der Waals surface area (Å²) in [5.74, 6) is 0.332. The quantitative estimate of drug-likeness (QED) is 0.791. The number of benzene rings is 1. The van der Waals surface area contributed by atoms with Gasteiger partial charge in [0.25, 0.3) is 0 Å². The molecule has 2 N–H and O–H groups in total. The third-order valence-electron chi connectivity index (χ3n) is 4.65. The van der Waals surface area contributed by atoms with Gasteiger partial charge in [0.1, 0.15) is 0 Å². The molecule has 1 fully saturated rings. The van der Waals surface area contributed by atoms with Crippen LogP contribution in [0.3, 0.4) is 0 Å². The summed E-state index contributed by atoms with van der Waals surface area (Å²) in [6.45, 7) is 4.92. The zero-order valence-corrected chi connectivity index (χ0v) is 14.2. The van der Waals surface area contributed by atoms with Crippen LogP contribution in [-0.4, -0.2) is 55.4 Å². The fourth-order valence-corrected chi connectivity index (χ4v) is 3.02. The predicted molar refractivity (Wildman–Crippen MR) is 93.7 cm³/mol. The highest BCUT2D eigenvalue weighted by molar-refractivity contribution is 5.74. The van der Waals surface area contributed by atoms with Gasteiger partial charge in [0.2, 0.25) is 0 Å². The molecule has 0 radical (unpaired) electrons. The van der Waals surface area contributed by atoms with Crippen LogP contribution in [0.15, 0.2) is 30.3 Å². The van der Waals surface area contributed by atoms with Crippen LogP contribution in [-0.2, 0) is 0 Å². The minimum absolute atomic E-state index is 0.0245. The van der Waals surface area contributed by atoms with Crippen molar-refractivity contribution in [3.05, 3.63) is 30.3 Å². The Hall–Kier alpha value is -1.75. The van der Waals surface area contributed by atoms with Gasteiger partial charge in [-0.3, -0.25) is 0 Å². The van der Waals surface area contributed by atoms with Crippen molar-refractivity contribution in [3.8, 4) is 0 Å². The summed E-state index contributed by atoms with van der Waals surface area (Å²) in [7, 11) is 2.07. The third kappa shape index (κ3) is 5.43. The Labute approximate surface area is 139 Å². The van der Waals surface area contributed by atoms with Crippen LogP contribution in [0.1, 0.15) is 26.2 Å². The molecular weight excluding hydrogens is 290 g/mol. The summed E-state index contributed by atoms with van der Waals surface area (Å²) in [5, 5.41) is 12.6. The van der Waals surface area contributed by atoms with Gasteiger partial charge in [0.15, 0.2) is 0 Å². The molecule has 0 bridgehead atoms. The second-order valence-electron chi connectivity index (χ2n) is 6.41. The number of para-hydroxylation sites is 1. The largest absolute Gasteiger partial charge is 0.393 e. The number of nitrogens with one attached hydrogen (secondary N) is 1. The lowest BCUT2D eigenvalue weighted by atomic mass is 9.92. The van der Waals surface area contributed by atoms with E-state index in [1.807, 2.05) is 30.0 Å². The van der Waals surface area contributed by atoms with Gasteiger partial charge in [-0.15, -0.1) is 0 Å². The first-order chi connectivity index (χ1) is 11.1. The highest BCUT2D eigenvalue weighted by Gasteiger charge is 2.25. The van der Waals surface area contributed by atoms with Crippen molar-refractivity contribution in [1.29, 1.82) is 0 Å². The summed E-state index contributed by atoms with van der Waals surface area (Å²) >= 11 is 0. The smallest absolute Gasteiger partial charge is 0.317 e. The molecule has 0 aliphatic carbocycles. The molecule has 1 aromatic rings. The first-order valence-corrected chi connectivity index (χ1v) is 8.55. The SMILES string of the molecule is CC(O)C1CCN(C(=O)NCCCN(C)c2ccccc2)CC1. The number of hydrogen-bond donors (Lipinski definition) is 2. The number of hydrogen-bond acceptors (Lipinski definition) is 3. The van der Waals surface area contributed by atoms with Gasteiger partial charge in [-0.25, -0.2) is 4.79 Å². The summed E-state index contributed by atoms with van der Waals surface area (Å²) in [5.41, 5.74) is 1.19. The molecule has 2 amide bonds. The lowest BCUT2D eigenvalue weighted by Crippen LogP contribution is -2.46. The highest BCUT2D eigenvalue weighted by Crippen LogP contribution is 2.20. The Morgan fingerprint density at radius 2 is 2.00 bits per heavy atom. The number of likely N-dealkylation sites (tertiary alicyclic amines) is 1. The van der Waals surface area contributed by atoms with E-state index in [2.05, 4.69) is 29.4 Å². The summed E-state index contributed by atoms with van der Waals surface area (Å²) in [4.78, 5) is 16.2. The van der Waals surface area contributed by atoms with Crippen LogP contribution in [0.2, 0.25) is 0 Å². The Bertz CT molecular complexity index is 470. The van der Waals surface area contributed by atoms with Crippen LogP contribution in [0.5, 0.6) is 0 Å². The van der Waals surface area contributed by atoms with Crippen molar-refractivity contribution >= 4 is 11.7 Å². The Morgan fingerprint density at radius 1 is 1.35 bits per heavy atom. The number of amides is 2. The van der Waals surface area contributed by atoms with Crippen molar-refractivity contribution < 1.29 is 9.90 Å². The van der Waals surface area contributed by atoms with Gasteiger partial charge in [-0.1, -0.05) is 18.2 Å². The molecule has 2 rings (SSSR count). The zero-order valence-electron chi connectivity index (χ0n) is 14.2. The molecule has 0 aromatic heterocycles. The minimum atomic E-state index is -0.270. The maximum absolute atomic E-state index is 12.1. The van der Waals surface area contributed by atoms with Crippen LogP contribution < -0.4 is 10.2 Å². The zero-order chi connectivity index (χ0) is 16.7. The summed E-state index contributed by atoms with van der Waals surface area (Å²) in [6, 6.07) is 10.3. The van der Waals surface area contributed by atoms with E-state index in [0.29, 0.717) is 12.5 Å². The van der Waals surface area contributed by atoms with E-state index in [-0.39, 0.29) is 12.1 Å². The molecule has 1 aliphatic rings. The molecule has 23 heavy (non-hydrogen) atoms. The fourth-order valence-electron chi connectivity index (χ4n) is 3.02. The van der Waals surface area contributed by atoms with Gasteiger partial charge in [0, 0.05) is 38.9 Å². The third-order valence-corrected chi connectivity index (χ3v) is 4.65. The lowest BCUT2D eigenvalue weighted by molar-refractivity contribution is 0.0798. The van der Waals surface area contributed by atoms with Gasteiger partial charge in [-0.05, 0) is 44.2 Å². The average molecular weight is 319 g/mol. The molecule has 5 nitrogen and oxygen atoms in total. The summed E-state index contributed by atoms with van der Waals surface area (Å²) < 4.78 is 0. The van der Waals surface area contributed by atoms with Gasteiger partial charge < -0.3 is 20.2 Å². The number of piperidine rings is 1. The number of aliphatic hydroxyl groups excluding tert-OH is 1. The minimum Gasteiger partial charge on any atom is -0.393 e. The first kappa shape index (κ1) is 17.6. The monoisotopic (exact) mass is 319 g/mol. The topological polar surface area (TPSA) is 55.8 Å². The van der Waals surface area contributed by atoms with E-state index in [1.165, 1.54) is 5.69 Å². The fraction of sp³-hybridized carbons (Fsp3) is 0.611. The average Bonchev–Trinajstić information content (AvgIpc) is 2.59. The van der Waals surface area contributed by atoms with Gasteiger partial charge >= 0.3 is 6.03 Å².